The standard InChI is InChI=1S/C23H25N3O2/c1-15(2)21-24-22(28-25-21)20-12-7-13-26(20)23(27)19-11-5-4-10-18(19)17-9-6-8-16(3)14-17/h4-6,8-11,14-15,20H,7,12-13H2,1-3H3/t20-/m0/s1. The smallest absolute Gasteiger partial charge is 0.255 e. The number of amides is 1. The summed E-state index contributed by atoms with van der Waals surface area (Å²) in [5.41, 5.74) is 3.89. The Morgan fingerprint density at radius 3 is 2.75 bits per heavy atom. The van der Waals surface area contributed by atoms with Gasteiger partial charge in [0.25, 0.3) is 5.91 Å². The molecule has 0 N–H and O–H groups in total. The van der Waals surface area contributed by atoms with Gasteiger partial charge in [-0.2, -0.15) is 4.98 Å². The molecule has 1 atom stereocenters. The van der Waals surface area contributed by atoms with E-state index in [1.807, 2.05) is 55.1 Å². The highest BCUT2D eigenvalue weighted by Crippen LogP contribution is 2.34. The highest BCUT2D eigenvalue weighted by Gasteiger charge is 2.35. The minimum absolute atomic E-state index is 0.0175. The number of aryl methyl sites for hydroxylation is 1. The quantitative estimate of drug-likeness (QED) is 0.633. The number of hydrogen-bond acceptors (Lipinski definition) is 4. The van der Waals surface area contributed by atoms with E-state index in [-0.39, 0.29) is 17.9 Å². The largest absolute Gasteiger partial charge is 0.337 e. The van der Waals surface area contributed by atoms with Crippen LogP contribution in [0.1, 0.15) is 66.3 Å². The highest BCUT2D eigenvalue weighted by molar-refractivity contribution is 6.01. The van der Waals surface area contributed by atoms with Gasteiger partial charge < -0.3 is 9.42 Å². The first-order valence-electron chi connectivity index (χ1n) is 9.85. The van der Waals surface area contributed by atoms with Crippen LogP contribution in [0.25, 0.3) is 11.1 Å². The van der Waals surface area contributed by atoms with Gasteiger partial charge in [0.15, 0.2) is 5.82 Å². The number of aromatic nitrogens is 2. The molecule has 5 heteroatoms. The number of rotatable bonds is 4. The van der Waals surface area contributed by atoms with Gasteiger partial charge >= 0.3 is 0 Å². The molecule has 1 aliphatic heterocycles. The van der Waals surface area contributed by atoms with Gasteiger partial charge in [0.2, 0.25) is 5.89 Å². The third-order valence-corrected chi connectivity index (χ3v) is 5.26. The van der Waals surface area contributed by atoms with Crippen LogP contribution in [0.2, 0.25) is 0 Å². The molecule has 2 aromatic carbocycles. The van der Waals surface area contributed by atoms with E-state index in [1.165, 1.54) is 5.56 Å². The molecule has 0 aliphatic carbocycles. The van der Waals surface area contributed by atoms with E-state index in [2.05, 4.69) is 29.2 Å². The molecule has 0 spiro atoms. The summed E-state index contributed by atoms with van der Waals surface area (Å²) in [5.74, 6) is 1.45. The van der Waals surface area contributed by atoms with Crippen LogP contribution >= 0.6 is 0 Å². The monoisotopic (exact) mass is 375 g/mol. The predicted molar refractivity (Wildman–Crippen MR) is 108 cm³/mol. The third-order valence-electron chi connectivity index (χ3n) is 5.26. The van der Waals surface area contributed by atoms with Crippen LogP contribution in [-0.2, 0) is 0 Å². The molecule has 1 saturated heterocycles. The Hall–Kier alpha value is -2.95. The molecule has 4 rings (SSSR count). The third kappa shape index (κ3) is 3.44. The van der Waals surface area contributed by atoms with E-state index in [9.17, 15) is 4.79 Å². The van der Waals surface area contributed by atoms with Crippen LogP contribution in [0.4, 0.5) is 0 Å². The fraction of sp³-hybridized carbons (Fsp3) is 0.348. The predicted octanol–water partition coefficient (Wildman–Crippen LogP) is 5.15. The number of hydrogen-bond donors (Lipinski definition) is 0. The Balaban J connectivity index is 1.67. The second-order valence-corrected chi connectivity index (χ2v) is 7.72. The van der Waals surface area contributed by atoms with Gasteiger partial charge in [-0.25, -0.2) is 0 Å². The summed E-state index contributed by atoms with van der Waals surface area (Å²) in [4.78, 5) is 19.9. The van der Waals surface area contributed by atoms with E-state index < -0.39 is 0 Å². The van der Waals surface area contributed by atoms with Crippen molar-refractivity contribution in [3.63, 3.8) is 0 Å². The van der Waals surface area contributed by atoms with E-state index in [0.717, 1.165) is 24.0 Å². The van der Waals surface area contributed by atoms with Gasteiger partial charge in [-0.05, 0) is 37.0 Å². The summed E-state index contributed by atoms with van der Waals surface area (Å²) in [6.07, 6.45) is 1.78. The van der Waals surface area contributed by atoms with Crippen molar-refractivity contribution < 1.29 is 9.32 Å². The maximum Gasteiger partial charge on any atom is 0.255 e. The Morgan fingerprint density at radius 2 is 2.00 bits per heavy atom. The Labute approximate surface area is 165 Å². The molecule has 1 amide bonds. The average Bonchev–Trinajstić information content (AvgIpc) is 3.36. The van der Waals surface area contributed by atoms with Gasteiger partial charge in [0, 0.05) is 18.0 Å². The molecule has 0 unspecified atom stereocenters. The molecule has 144 valence electrons. The summed E-state index contributed by atoms with van der Waals surface area (Å²) in [6, 6.07) is 15.9. The normalized spacial score (nSPS) is 16.7. The van der Waals surface area contributed by atoms with Crippen LogP contribution in [-0.4, -0.2) is 27.5 Å². The topological polar surface area (TPSA) is 59.2 Å². The molecular formula is C23H25N3O2. The molecule has 1 fully saturated rings. The zero-order chi connectivity index (χ0) is 19.7. The summed E-state index contributed by atoms with van der Waals surface area (Å²) in [6.45, 7) is 6.83. The van der Waals surface area contributed by atoms with Gasteiger partial charge in [-0.3, -0.25) is 4.79 Å². The van der Waals surface area contributed by atoms with Crippen molar-refractivity contribution in [2.45, 2.75) is 45.6 Å². The Bertz CT molecular complexity index is 993. The average molecular weight is 375 g/mol. The van der Waals surface area contributed by atoms with E-state index in [0.29, 0.717) is 23.8 Å². The molecule has 5 nitrogen and oxygen atoms in total. The summed E-state index contributed by atoms with van der Waals surface area (Å²) >= 11 is 0. The van der Waals surface area contributed by atoms with E-state index >= 15 is 0 Å². The first kappa shape index (κ1) is 18.4. The first-order chi connectivity index (χ1) is 13.5. The summed E-state index contributed by atoms with van der Waals surface area (Å²) in [5, 5.41) is 4.08. The molecule has 28 heavy (non-hydrogen) atoms. The maximum absolute atomic E-state index is 13.5. The van der Waals surface area contributed by atoms with Crippen LogP contribution < -0.4 is 0 Å². The molecule has 3 aromatic rings. The lowest BCUT2D eigenvalue weighted by molar-refractivity contribution is 0.0711. The van der Waals surface area contributed by atoms with Crippen molar-refractivity contribution in [2.75, 3.05) is 6.54 Å². The maximum atomic E-state index is 13.5. The van der Waals surface area contributed by atoms with Crippen molar-refractivity contribution in [3.8, 4) is 11.1 Å². The summed E-state index contributed by atoms with van der Waals surface area (Å²) < 4.78 is 5.50. The number of carbonyl (C=O) groups excluding carboxylic acids is 1. The molecule has 0 radical (unpaired) electrons. The number of benzene rings is 2. The van der Waals surface area contributed by atoms with Crippen molar-refractivity contribution in [3.05, 3.63) is 71.4 Å². The molecule has 1 aromatic heterocycles. The van der Waals surface area contributed by atoms with Crippen LogP contribution in [0.5, 0.6) is 0 Å². The molecular weight excluding hydrogens is 350 g/mol. The number of nitrogens with zero attached hydrogens (tertiary/aromatic N) is 3. The fourth-order valence-corrected chi connectivity index (χ4v) is 3.77. The van der Waals surface area contributed by atoms with Gasteiger partial charge in [-0.1, -0.05) is 67.0 Å². The van der Waals surface area contributed by atoms with Crippen molar-refractivity contribution in [1.29, 1.82) is 0 Å². The molecule has 1 aliphatic rings. The number of likely N-dealkylation sites (tertiary alicyclic amines) is 1. The lowest BCUT2D eigenvalue weighted by Gasteiger charge is -2.23. The lowest BCUT2D eigenvalue weighted by Crippen LogP contribution is -2.31. The van der Waals surface area contributed by atoms with Crippen molar-refractivity contribution >= 4 is 5.91 Å². The van der Waals surface area contributed by atoms with Gasteiger partial charge in [-0.15, -0.1) is 0 Å². The second-order valence-electron chi connectivity index (χ2n) is 7.72. The Kier molecular flexibility index (Phi) is 4.99. The number of carbonyl (C=O) groups is 1. The van der Waals surface area contributed by atoms with Crippen LogP contribution in [0.3, 0.4) is 0 Å². The van der Waals surface area contributed by atoms with E-state index in [4.69, 9.17) is 4.52 Å². The van der Waals surface area contributed by atoms with Gasteiger partial charge in [0.05, 0.1) is 0 Å². The van der Waals surface area contributed by atoms with E-state index in [1.54, 1.807) is 0 Å². The minimum atomic E-state index is -0.155. The SMILES string of the molecule is Cc1cccc(-c2ccccc2C(=O)N2CCC[C@H]2c2nc(C(C)C)no2)c1. The minimum Gasteiger partial charge on any atom is -0.337 e. The fourth-order valence-electron chi connectivity index (χ4n) is 3.77. The van der Waals surface area contributed by atoms with Crippen molar-refractivity contribution in [1.82, 2.24) is 15.0 Å². The van der Waals surface area contributed by atoms with Crippen LogP contribution in [0.15, 0.2) is 53.1 Å². The molecule has 0 bridgehead atoms. The van der Waals surface area contributed by atoms with Crippen molar-refractivity contribution in [2.24, 2.45) is 0 Å². The van der Waals surface area contributed by atoms with Gasteiger partial charge in [0.1, 0.15) is 6.04 Å². The second kappa shape index (κ2) is 7.58. The Morgan fingerprint density at radius 1 is 1.18 bits per heavy atom. The first-order valence-corrected chi connectivity index (χ1v) is 9.85. The van der Waals surface area contributed by atoms with Crippen LogP contribution in [0, 0.1) is 6.92 Å². The lowest BCUT2D eigenvalue weighted by atomic mass is 9.97. The summed E-state index contributed by atoms with van der Waals surface area (Å²) in [7, 11) is 0. The molecule has 2 heterocycles. The zero-order valence-electron chi connectivity index (χ0n) is 16.6. The zero-order valence-corrected chi connectivity index (χ0v) is 16.6. The molecule has 0 saturated carbocycles. The highest BCUT2D eigenvalue weighted by atomic mass is 16.5.